The molecule has 1 N–H and O–H groups in total. The lowest BCUT2D eigenvalue weighted by atomic mass is 10.1. The van der Waals surface area contributed by atoms with E-state index < -0.39 is 0 Å². The van der Waals surface area contributed by atoms with Crippen molar-refractivity contribution in [3.8, 4) is 23.0 Å². The van der Waals surface area contributed by atoms with Gasteiger partial charge in [-0.15, -0.1) is 0 Å². The molecule has 0 spiro atoms. The van der Waals surface area contributed by atoms with Crippen LogP contribution >= 0.6 is 0 Å². The predicted octanol–water partition coefficient (Wildman–Crippen LogP) is 3.52. The monoisotopic (exact) mass is 420 g/mol. The van der Waals surface area contributed by atoms with Crippen LogP contribution < -0.4 is 24.3 Å². The summed E-state index contributed by atoms with van der Waals surface area (Å²) in [6.45, 7) is 2.73. The molecule has 3 heterocycles. The van der Waals surface area contributed by atoms with Crippen molar-refractivity contribution < 1.29 is 18.9 Å². The Morgan fingerprint density at radius 3 is 2.87 bits per heavy atom. The number of methoxy groups -OCH3 is 2. The molecule has 160 valence electrons. The van der Waals surface area contributed by atoms with E-state index >= 15 is 0 Å². The highest BCUT2D eigenvalue weighted by Crippen LogP contribution is 2.35. The lowest BCUT2D eigenvalue weighted by Gasteiger charge is -2.28. The molecule has 3 aromatic rings. The van der Waals surface area contributed by atoms with E-state index in [0.29, 0.717) is 5.95 Å². The molecule has 1 aromatic heterocycles. The summed E-state index contributed by atoms with van der Waals surface area (Å²) >= 11 is 0. The van der Waals surface area contributed by atoms with Crippen LogP contribution in [0.1, 0.15) is 16.8 Å². The van der Waals surface area contributed by atoms with Crippen LogP contribution in [0.25, 0.3) is 0 Å². The van der Waals surface area contributed by atoms with Gasteiger partial charge >= 0.3 is 0 Å². The van der Waals surface area contributed by atoms with Crippen LogP contribution in [0.4, 0.5) is 11.6 Å². The average Bonchev–Trinajstić information content (AvgIpc) is 3.27. The van der Waals surface area contributed by atoms with Crippen molar-refractivity contribution in [3.05, 3.63) is 59.4 Å². The van der Waals surface area contributed by atoms with Crippen LogP contribution in [0.15, 0.2) is 42.6 Å². The number of anilines is 2. The zero-order chi connectivity index (χ0) is 21.2. The van der Waals surface area contributed by atoms with E-state index in [1.807, 2.05) is 36.5 Å². The summed E-state index contributed by atoms with van der Waals surface area (Å²) in [7, 11) is 3.33. The van der Waals surface area contributed by atoms with Crippen molar-refractivity contribution in [2.45, 2.75) is 19.5 Å². The maximum atomic E-state index is 5.58. The molecule has 8 nitrogen and oxygen atoms in total. The number of nitrogens with one attached hydrogen (secondary N) is 1. The van der Waals surface area contributed by atoms with Crippen LogP contribution in [0, 0.1) is 0 Å². The smallest absolute Gasteiger partial charge is 0.231 e. The van der Waals surface area contributed by atoms with E-state index in [1.165, 1.54) is 0 Å². The Hall–Kier alpha value is -3.52. The van der Waals surface area contributed by atoms with Crippen LogP contribution in [0.5, 0.6) is 23.0 Å². The van der Waals surface area contributed by atoms with Crippen LogP contribution in [0.2, 0.25) is 0 Å². The van der Waals surface area contributed by atoms with Crippen LogP contribution in [0.3, 0.4) is 0 Å². The van der Waals surface area contributed by atoms with E-state index in [2.05, 4.69) is 21.3 Å². The van der Waals surface area contributed by atoms with E-state index in [1.54, 1.807) is 14.2 Å². The summed E-state index contributed by atoms with van der Waals surface area (Å²) < 4.78 is 21.8. The highest BCUT2D eigenvalue weighted by atomic mass is 16.7. The minimum absolute atomic E-state index is 0.256. The fourth-order valence-electron chi connectivity index (χ4n) is 3.99. The van der Waals surface area contributed by atoms with Gasteiger partial charge in [0.25, 0.3) is 0 Å². The summed E-state index contributed by atoms with van der Waals surface area (Å²) in [5.41, 5.74) is 4.19. The highest BCUT2D eigenvalue weighted by Gasteiger charge is 2.21. The number of fused-ring (bicyclic) bond motifs is 2. The lowest BCUT2D eigenvalue weighted by Crippen LogP contribution is -2.31. The molecule has 2 aliphatic heterocycles. The van der Waals surface area contributed by atoms with Crippen molar-refractivity contribution >= 4 is 11.6 Å². The fourth-order valence-corrected chi connectivity index (χ4v) is 3.99. The van der Waals surface area contributed by atoms with Gasteiger partial charge in [-0.1, -0.05) is 12.1 Å². The highest BCUT2D eigenvalue weighted by molar-refractivity contribution is 5.60. The van der Waals surface area contributed by atoms with Gasteiger partial charge < -0.3 is 24.3 Å². The van der Waals surface area contributed by atoms with Crippen molar-refractivity contribution in [2.24, 2.45) is 0 Å². The molecule has 0 amide bonds. The Labute approximate surface area is 180 Å². The Balaban J connectivity index is 1.28. The maximum absolute atomic E-state index is 5.58. The molecule has 2 aromatic carbocycles. The lowest BCUT2D eigenvalue weighted by molar-refractivity contribution is 0.174. The molecular formula is C23H24N4O4. The number of hydrogen-bond acceptors (Lipinski definition) is 8. The predicted molar refractivity (Wildman–Crippen MR) is 115 cm³/mol. The zero-order valence-electron chi connectivity index (χ0n) is 17.6. The second kappa shape index (κ2) is 8.31. The van der Waals surface area contributed by atoms with Crippen LogP contribution in [-0.4, -0.2) is 42.4 Å². The van der Waals surface area contributed by atoms with Crippen molar-refractivity contribution in [1.82, 2.24) is 14.9 Å². The van der Waals surface area contributed by atoms with E-state index in [9.17, 15) is 0 Å². The van der Waals surface area contributed by atoms with Crippen LogP contribution in [-0.2, 0) is 19.5 Å². The van der Waals surface area contributed by atoms with Gasteiger partial charge in [0, 0.05) is 55.1 Å². The van der Waals surface area contributed by atoms with Gasteiger partial charge in [0.05, 0.1) is 19.9 Å². The number of hydrogen-bond donors (Lipinski definition) is 1. The molecule has 0 unspecified atom stereocenters. The first-order chi connectivity index (χ1) is 15.2. The minimum Gasteiger partial charge on any atom is -0.493 e. The zero-order valence-corrected chi connectivity index (χ0v) is 17.6. The van der Waals surface area contributed by atoms with Gasteiger partial charge in [-0.3, -0.25) is 4.90 Å². The number of benzene rings is 2. The molecule has 0 aliphatic carbocycles. The van der Waals surface area contributed by atoms with Gasteiger partial charge in [0.2, 0.25) is 12.7 Å². The molecule has 0 radical (unpaired) electrons. The quantitative estimate of drug-likeness (QED) is 0.649. The first kappa shape index (κ1) is 19.4. The van der Waals surface area contributed by atoms with Gasteiger partial charge in [-0.2, -0.15) is 0 Å². The van der Waals surface area contributed by atoms with Gasteiger partial charge in [-0.05, 0) is 18.2 Å². The summed E-state index contributed by atoms with van der Waals surface area (Å²) in [6.07, 6.45) is 2.77. The Bertz CT molecular complexity index is 1100. The largest absolute Gasteiger partial charge is 0.493 e. The molecule has 31 heavy (non-hydrogen) atoms. The number of nitrogens with zero attached hydrogens (tertiary/aromatic N) is 3. The summed E-state index contributed by atoms with van der Waals surface area (Å²) in [5, 5.41) is 3.26. The molecule has 0 saturated carbocycles. The Morgan fingerprint density at radius 1 is 1.10 bits per heavy atom. The summed E-state index contributed by atoms with van der Waals surface area (Å²) in [6, 6.07) is 11.7. The first-order valence-electron chi connectivity index (χ1n) is 10.2. The SMILES string of the molecule is COc1cccc(CN2CCc3nc(Nc4ccc5c(c4)OCO5)ncc3C2)c1OC. The van der Waals surface area contributed by atoms with Gasteiger partial charge in [0.1, 0.15) is 0 Å². The molecule has 2 aliphatic rings. The standard InChI is InChI=1S/C23H24N4O4/c1-28-20-5-3-4-15(22(20)29-2)12-27-9-8-18-16(13-27)11-24-23(26-18)25-17-6-7-19-21(10-17)31-14-30-19/h3-7,10-11H,8-9,12-14H2,1-2H3,(H,24,25,26). The third kappa shape index (κ3) is 3.94. The minimum atomic E-state index is 0.256. The van der Waals surface area contributed by atoms with E-state index in [4.69, 9.17) is 23.9 Å². The van der Waals surface area contributed by atoms with Gasteiger partial charge in [0.15, 0.2) is 23.0 Å². The summed E-state index contributed by atoms with van der Waals surface area (Å²) in [4.78, 5) is 11.6. The number of rotatable bonds is 6. The average molecular weight is 420 g/mol. The Morgan fingerprint density at radius 2 is 2.00 bits per heavy atom. The Kier molecular flexibility index (Phi) is 5.21. The second-order valence-electron chi connectivity index (χ2n) is 7.47. The van der Waals surface area contributed by atoms with Crippen molar-refractivity contribution in [1.29, 1.82) is 0 Å². The van der Waals surface area contributed by atoms with Gasteiger partial charge in [-0.25, -0.2) is 9.97 Å². The topological polar surface area (TPSA) is 78.0 Å². The molecule has 0 atom stereocenters. The first-order valence-corrected chi connectivity index (χ1v) is 10.2. The molecule has 0 bridgehead atoms. The maximum Gasteiger partial charge on any atom is 0.231 e. The normalized spacial score (nSPS) is 14.8. The van der Waals surface area contributed by atoms with E-state index in [0.717, 1.165) is 71.6 Å². The third-order valence-electron chi connectivity index (χ3n) is 5.52. The molecule has 0 saturated heterocycles. The second-order valence-corrected chi connectivity index (χ2v) is 7.47. The molecule has 0 fully saturated rings. The summed E-state index contributed by atoms with van der Waals surface area (Å²) in [5.74, 6) is 3.60. The number of aromatic nitrogens is 2. The third-order valence-corrected chi connectivity index (χ3v) is 5.52. The number of para-hydroxylation sites is 1. The van der Waals surface area contributed by atoms with Crippen molar-refractivity contribution in [3.63, 3.8) is 0 Å². The molecule has 8 heteroatoms. The van der Waals surface area contributed by atoms with Crippen molar-refractivity contribution in [2.75, 3.05) is 32.9 Å². The molecule has 5 rings (SSSR count). The number of ether oxygens (including phenoxy) is 4. The van der Waals surface area contributed by atoms with E-state index in [-0.39, 0.29) is 6.79 Å². The molecular weight excluding hydrogens is 396 g/mol. The fraction of sp³-hybridized carbons (Fsp3) is 0.304.